The molecule has 1 aromatic heterocycles. The molecule has 19 heavy (non-hydrogen) atoms. The molecule has 0 radical (unpaired) electrons. The Hall–Kier alpha value is -2.36. The number of hydrogen-bond acceptors (Lipinski definition) is 4. The smallest absolute Gasteiger partial charge is 0.146 e. The van der Waals surface area contributed by atoms with Crippen LogP contribution >= 0.6 is 0 Å². The average molecular weight is 255 g/mol. The Kier molecular flexibility index (Phi) is 4.50. The van der Waals surface area contributed by atoms with Gasteiger partial charge in [-0.1, -0.05) is 18.2 Å². The molecule has 1 heterocycles. The Morgan fingerprint density at radius 3 is 2.84 bits per heavy atom. The third-order valence-electron chi connectivity index (χ3n) is 2.29. The Balaban J connectivity index is 1.99. The molecule has 2 aromatic rings. The van der Waals surface area contributed by atoms with Gasteiger partial charge in [0.15, 0.2) is 0 Å². The average Bonchev–Trinajstić information content (AvgIpc) is 2.40. The van der Waals surface area contributed by atoms with Crippen LogP contribution in [0.1, 0.15) is 19.4 Å². The summed E-state index contributed by atoms with van der Waals surface area (Å²) in [7, 11) is 0. The SMILES string of the molecule is CC(C)Oc1cccc(/C=N/Nc2ccccn2)c1. The molecule has 0 fully saturated rings. The highest BCUT2D eigenvalue weighted by Gasteiger charge is 1.97. The van der Waals surface area contributed by atoms with Crippen LogP contribution in [0.4, 0.5) is 5.82 Å². The second-order valence-corrected chi connectivity index (χ2v) is 4.32. The third kappa shape index (κ3) is 4.43. The third-order valence-corrected chi connectivity index (χ3v) is 2.29. The summed E-state index contributed by atoms with van der Waals surface area (Å²) in [5, 5.41) is 4.14. The zero-order valence-corrected chi connectivity index (χ0v) is 11.1. The Morgan fingerprint density at radius 2 is 2.11 bits per heavy atom. The first kappa shape index (κ1) is 13.1. The number of anilines is 1. The molecule has 0 unspecified atom stereocenters. The molecule has 2 rings (SSSR count). The number of ether oxygens (including phenoxy) is 1. The van der Waals surface area contributed by atoms with E-state index in [4.69, 9.17) is 4.74 Å². The van der Waals surface area contributed by atoms with Crippen molar-refractivity contribution in [1.82, 2.24) is 4.98 Å². The molecule has 4 heteroatoms. The van der Waals surface area contributed by atoms with E-state index in [1.165, 1.54) is 0 Å². The van der Waals surface area contributed by atoms with Crippen molar-refractivity contribution < 1.29 is 4.74 Å². The zero-order valence-electron chi connectivity index (χ0n) is 11.1. The first-order valence-corrected chi connectivity index (χ1v) is 6.21. The van der Waals surface area contributed by atoms with Crippen molar-refractivity contribution in [2.75, 3.05) is 5.43 Å². The van der Waals surface area contributed by atoms with E-state index in [-0.39, 0.29) is 6.10 Å². The summed E-state index contributed by atoms with van der Waals surface area (Å²) in [6.07, 6.45) is 3.62. The molecule has 1 aromatic carbocycles. The molecule has 0 saturated carbocycles. The molecular formula is C15H17N3O. The number of aromatic nitrogens is 1. The van der Waals surface area contributed by atoms with Gasteiger partial charge in [0.25, 0.3) is 0 Å². The van der Waals surface area contributed by atoms with Gasteiger partial charge in [-0.3, -0.25) is 5.43 Å². The number of nitrogens with zero attached hydrogens (tertiary/aromatic N) is 2. The number of pyridine rings is 1. The van der Waals surface area contributed by atoms with E-state index in [9.17, 15) is 0 Å². The van der Waals surface area contributed by atoms with Crippen molar-refractivity contribution in [3.8, 4) is 5.75 Å². The predicted octanol–water partition coefficient (Wildman–Crippen LogP) is 3.31. The van der Waals surface area contributed by atoms with Gasteiger partial charge in [-0.2, -0.15) is 5.10 Å². The van der Waals surface area contributed by atoms with Crippen LogP contribution in [0.25, 0.3) is 0 Å². The number of nitrogens with one attached hydrogen (secondary N) is 1. The molecule has 0 atom stereocenters. The highest BCUT2D eigenvalue weighted by atomic mass is 16.5. The van der Waals surface area contributed by atoms with Gasteiger partial charge < -0.3 is 4.74 Å². The minimum atomic E-state index is 0.166. The van der Waals surface area contributed by atoms with Crippen molar-refractivity contribution >= 4 is 12.0 Å². The standard InChI is InChI=1S/C15H17N3O/c1-12(2)19-14-7-5-6-13(10-14)11-17-18-15-8-3-4-9-16-15/h3-12H,1-2H3,(H,16,18)/b17-11+. The molecular weight excluding hydrogens is 238 g/mol. The second kappa shape index (κ2) is 6.54. The van der Waals surface area contributed by atoms with Crippen LogP contribution in [-0.2, 0) is 0 Å². The topological polar surface area (TPSA) is 46.5 Å². The van der Waals surface area contributed by atoms with Gasteiger partial charge in [0, 0.05) is 6.20 Å². The number of benzene rings is 1. The van der Waals surface area contributed by atoms with Crippen LogP contribution in [-0.4, -0.2) is 17.3 Å². The normalized spacial score (nSPS) is 10.9. The monoisotopic (exact) mass is 255 g/mol. The van der Waals surface area contributed by atoms with E-state index in [0.29, 0.717) is 5.82 Å². The van der Waals surface area contributed by atoms with Crippen molar-refractivity contribution in [3.05, 3.63) is 54.2 Å². The summed E-state index contributed by atoms with van der Waals surface area (Å²) in [6, 6.07) is 13.4. The lowest BCUT2D eigenvalue weighted by Crippen LogP contribution is -2.05. The van der Waals surface area contributed by atoms with E-state index in [2.05, 4.69) is 15.5 Å². The maximum Gasteiger partial charge on any atom is 0.146 e. The molecule has 4 nitrogen and oxygen atoms in total. The maximum atomic E-state index is 5.63. The summed E-state index contributed by atoms with van der Waals surface area (Å²) in [4.78, 5) is 4.12. The fraction of sp³-hybridized carbons (Fsp3) is 0.200. The zero-order chi connectivity index (χ0) is 13.5. The van der Waals surface area contributed by atoms with Crippen molar-refractivity contribution in [2.24, 2.45) is 5.10 Å². The van der Waals surface area contributed by atoms with Gasteiger partial charge >= 0.3 is 0 Å². The van der Waals surface area contributed by atoms with Crippen molar-refractivity contribution in [2.45, 2.75) is 20.0 Å². The van der Waals surface area contributed by atoms with Gasteiger partial charge in [0.05, 0.1) is 12.3 Å². The predicted molar refractivity (Wildman–Crippen MR) is 77.7 cm³/mol. The maximum absolute atomic E-state index is 5.63. The van der Waals surface area contributed by atoms with E-state index in [1.54, 1.807) is 12.4 Å². The number of hydrogen-bond donors (Lipinski definition) is 1. The summed E-state index contributed by atoms with van der Waals surface area (Å²) < 4.78 is 5.63. The first-order valence-electron chi connectivity index (χ1n) is 6.21. The largest absolute Gasteiger partial charge is 0.491 e. The minimum absolute atomic E-state index is 0.166. The highest BCUT2D eigenvalue weighted by Crippen LogP contribution is 2.13. The van der Waals surface area contributed by atoms with E-state index >= 15 is 0 Å². The van der Waals surface area contributed by atoms with Gasteiger partial charge in [-0.25, -0.2) is 4.98 Å². The minimum Gasteiger partial charge on any atom is -0.491 e. The molecule has 1 N–H and O–H groups in total. The number of hydrazone groups is 1. The Bertz CT molecular complexity index is 538. The number of rotatable bonds is 5. The first-order chi connectivity index (χ1) is 9.24. The van der Waals surface area contributed by atoms with Crippen LogP contribution < -0.4 is 10.2 Å². The van der Waals surface area contributed by atoms with E-state index < -0.39 is 0 Å². The second-order valence-electron chi connectivity index (χ2n) is 4.32. The summed E-state index contributed by atoms with van der Waals surface area (Å²) in [5.41, 5.74) is 3.84. The van der Waals surface area contributed by atoms with Crippen LogP contribution in [0.3, 0.4) is 0 Å². The van der Waals surface area contributed by atoms with E-state index in [0.717, 1.165) is 11.3 Å². The molecule has 98 valence electrons. The molecule has 0 aliphatic heterocycles. The van der Waals surface area contributed by atoms with Crippen molar-refractivity contribution in [3.63, 3.8) is 0 Å². The summed E-state index contributed by atoms with van der Waals surface area (Å²) in [5.74, 6) is 1.56. The van der Waals surface area contributed by atoms with Gasteiger partial charge in [-0.05, 0) is 43.7 Å². The summed E-state index contributed by atoms with van der Waals surface area (Å²) >= 11 is 0. The molecule has 0 saturated heterocycles. The lowest BCUT2D eigenvalue weighted by Gasteiger charge is -2.09. The van der Waals surface area contributed by atoms with Gasteiger partial charge in [-0.15, -0.1) is 0 Å². The van der Waals surface area contributed by atoms with E-state index in [1.807, 2.05) is 56.3 Å². The van der Waals surface area contributed by atoms with Crippen LogP contribution in [0.5, 0.6) is 5.75 Å². The van der Waals surface area contributed by atoms with Crippen LogP contribution in [0, 0.1) is 0 Å². The van der Waals surface area contributed by atoms with Crippen LogP contribution in [0.15, 0.2) is 53.8 Å². The quantitative estimate of drug-likeness (QED) is 0.658. The fourth-order valence-corrected chi connectivity index (χ4v) is 1.54. The lowest BCUT2D eigenvalue weighted by atomic mass is 10.2. The van der Waals surface area contributed by atoms with Gasteiger partial charge in [0.2, 0.25) is 0 Å². The van der Waals surface area contributed by atoms with Gasteiger partial charge in [0.1, 0.15) is 11.6 Å². The summed E-state index contributed by atoms with van der Waals surface area (Å²) in [6.45, 7) is 4.01. The Labute approximate surface area is 113 Å². The lowest BCUT2D eigenvalue weighted by molar-refractivity contribution is 0.242. The Morgan fingerprint density at radius 1 is 1.21 bits per heavy atom. The molecule has 0 aliphatic carbocycles. The molecule has 0 spiro atoms. The molecule has 0 amide bonds. The highest BCUT2D eigenvalue weighted by molar-refractivity contribution is 5.80. The molecule has 0 bridgehead atoms. The fourth-order valence-electron chi connectivity index (χ4n) is 1.54. The molecule has 0 aliphatic rings. The van der Waals surface area contributed by atoms with Crippen LogP contribution in [0.2, 0.25) is 0 Å². The van der Waals surface area contributed by atoms with Crippen molar-refractivity contribution in [1.29, 1.82) is 0 Å².